The van der Waals surface area contributed by atoms with Crippen molar-refractivity contribution in [3.8, 4) is 0 Å². The maximum absolute atomic E-state index is 13.3. The Labute approximate surface area is 122 Å². The number of rotatable bonds is 6. The van der Waals surface area contributed by atoms with Crippen LogP contribution in [-0.2, 0) is 4.74 Å². The summed E-state index contributed by atoms with van der Waals surface area (Å²) in [5.74, 6) is -0.218. The van der Waals surface area contributed by atoms with Crippen molar-refractivity contribution in [2.24, 2.45) is 0 Å². The first-order valence-electron chi connectivity index (χ1n) is 6.84. The van der Waals surface area contributed by atoms with Gasteiger partial charge in [0.25, 0.3) is 0 Å². The third-order valence-electron chi connectivity index (χ3n) is 4.07. The highest BCUT2D eigenvalue weighted by molar-refractivity contribution is 9.10. The van der Waals surface area contributed by atoms with Crippen LogP contribution in [0.4, 0.5) is 4.39 Å². The van der Waals surface area contributed by atoms with E-state index in [2.05, 4.69) is 28.2 Å². The fraction of sp³-hybridized carbons (Fsp3) is 0.600. The van der Waals surface area contributed by atoms with Gasteiger partial charge in [-0.15, -0.1) is 0 Å². The van der Waals surface area contributed by atoms with Gasteiger partial charge in [-0.25, -0.2) is 4.39 Å². The second kappa shape index (κ2) is 6.33. The van der Waals surface area contributed by atoms with Gasteiger partial charge in [-0.2, -0.15) is 0 Å². The van der Waals surface area contributed by atoms with Crippen LogP contribution in [0.5, 0.6) is 0 Å². The summed E-state index contributed by atoms with van der Waals surface area (Å²) in [4.78, 5) is 0. The molecule has 106 valence electrons. The molecule has 1 fully saturated rings. The number of methoxy groups -OCH3 is 1. The van der Waals surface area contributed by atoms with E-state index in [1.165, 1.54) is 12.5 Å². The standard InChI is InChI=1S/C15H21BrFNO/c1-3-18-14(10-15(19-2)7-4-8-15)11-5-6-13(17)12(16)9-11/h5-6,9,14,18H,3-4,7-8,10H2,1-2H3. The van der Waals surface area contributed by atoms with E-state index in [1.807, 2.05) is 12.1 Å². The van der Waals surface area contributed by atoms with Gasteiger partial charge in [-0.1, -0.05) is 13.0 Å². The van der Waals surface area contributed by atoms with Crippen LogP contribution in [0.2, 0.25) is 0 Å². The third-order valence-corrected chi connectivity index (χ3v) is 4.68. The van der Waals surface area contributed by atoms with Crippen LogP contribution in [0.15, 0.2) is 22.7 Å². The second-order valence-corrected chi connectivity index (χ2v) is 6.08. The SMILES string of the molecule is CCNC(CC1(OC)CCC1)c1ccc(F)c(Br)c1. The van der Waals surface area contributed by atoms with Crippen LogP contribution in [0.3, 0.4) is 0 Å². The van der Waals surface area contributed by atoms with E-state index in [-0.39, 0.29) is 17.5 Å². The summed E-state index contributed by atoms with van der Waals surface area (Å²) >= 11 is 3.26. The van der Waals surface area contributed by atoms with Crippen LogP contribution < -0.4 is 5.32 Å². The summed E-state index contributed by atoms with van der Waals surface area (Å²) in [6.07, 6.45) is 4.41. The zero-order valence-electron chi connectivity index (χ0n) is 11.5. The van der Waals surface area contributed by atoms with Crippen LogP contribution in [-0.4, -0.2) is 19.3 Å². The molecule has 2 nitrogen and oxygen atoms in total. The van der Waals surface area contributed by atoms with E-state index in [9.17, 15) is 4.39 Å². The molecule has 1 N–H and O–H groups in total. The minimum Gasteiger partial charge on any atom is -0.378 e. The zero-order chi connectivity index (χ0) is 13.9. The molecule has 0 spiro atoms. The monoisotopic (exact) mass is 329 g/mol. The molecule has 0 radical (unpaired) electrons. The van der Waals surface area contributed by atoms with Gasteiger partial charge in [0.1, 0.15) is 5.82 Å². The van der Waals surface area contributed by atoms with Gasteiger partial charge in [0.2, 0.25) is 0 Å². The summed E-state index contributed by atoms with van der Waals surface area (Å²) in [7, 11) is 1.79. The maximum atomic E-state index is 13.3. The van der Waals surface area contributed by atoms with Crippen LogP contribution in [0.1, 0.15) is 44.2 Å². The molecule has 1 aromatic carbocycles. The van der Waals surface area contributed by atoms with Crippen molar-refractivity contribution in [1.29, 1.82) is 0 Å². The van der Waals surface area contributed by atoms with Gasteiger partial charge in [0, 0.05) is 13.2 Å². The van der Waals surface area contributed by atoms with Crippen LogP contribution >= 0.6 is 15.9 Å². The molecule has 1 aliphatic carbocycles. The van der Waals surface area contributed by atoms with Crippen molar-refractivity contribution in [1.82, 2.24) is 5.32 Å². The van der Waals surface area contributed by atoms with E-state index in [1.54, 1.807) is 7.11 Å². The average molecular weight is 330 g/mol. The van der Waals surface area contributed by atoms with Crippen LogP contribution in [0, 0.1) is 5.82 Å². The Balaban J connectivity index is 2.16. The van der Waals surface area contributed by atoms with Gasteiger partial charge in [-0.3, -0.25) is 0 Å². The first-order valence-corrected chi connectivity index (χ1v) is 7.63. The Morgan fingerprint density at radius 2 is 2.21 bits per heavy atom. The molecule has 19 heavy (non-hydrogen) atoms. The molecule has 1 saturated carbocycles. The normalized spacial score (nSPS) is 18.9. The lowest BCUT2D eigenvalue weighted by Crippen LogP contribution is -2.42. The molecule has 0 saturated heterocycles. The topological polar surface area (TPSA) is 21.3 Å². The van der Waals surface area contributed by atoms with E-state index in [0.29, 0.717) is 4.47 Å². The van der Waals surface area contributed by atoms with E-state index in [4.69, 9.17) is 4.74 Å². The lowest BCUT2D eigenvalue weighted by molar-refractivity contribution is -0.0837. The quantitative estimate of drug-likeness (QED) is 0.844. The first kappa shape index (κ1) is 14.9. The number of hydrogen-bond donors (Lipinski definition) is 1. The van der Waals surface area contributed by atoms with Crippen molar-refractivity contribution < 1.29 is 9.13 Å². The molecule has 1 atom stereocenters. The number of hydrogen-bond acceptors (Lipinski definition) is 2. The molecule has 4 heteroatoms. The van der Waals surface area contributed by atoms with Gasteiger partial charge in [-0.05, 0) is 65.9 Å². The van der Waals surface area contributed by atoms with Gasteiger partial charge >= 0.3 is 0 Å². The van der Waals surface area contributed by atoms with Crippen molar-refractivity contribution in [2.45, 2.75) is 44.2 Å². The largest absolute Gasteiger partial charge is 0.378 e. The molecule has 1 aromatic rings. The van der Waals surface area contributed by atoms with E-state index in [0.717, 1.165) is 31.4 Å². The molecular weight excluding hydrogens is 309 g/mol. The summed E-state index contributed by atoms with van der Waals surface area (Å²) in [6, 6.07) is 5.45. The van der Waals surface area contributed by atoms with Gasteiger partial charge in [0.05, 0.1) is 10.1 Å². The Kier molecular flexibility index (Phi) is 4.98. The predicted molar refractivity (Wildman–Crippen MR) is 78.7 cm³/mol. The van der Waals surface area contributed by atoms with Crippen molar-refractivity contribution in [3.05, 3.63) is 34.1 Å². The van der Waals surface area contributed by atoms with Gasteiger partial charge in [0.15, 0.2) is 0 Å². The molecule has 1 aliphatic rings. The highest BCUT2D eigenvalue weighted by Crippen LogP contribution is 2.42. The van der Waals surface area contributed by atoms with Crippen molar-refractivity contribution >= 4 is 15.9 Å². The maximum Gasteiger partial charge on any atom is 0.137 e. The molecular formula is C15H21BrFNO. The lowest BCUT2D eigenvalue weighted by Gasteiger charge is -2.43. The minimum absolute atomic E-state index is 0.00764. The van der Waals surface area contributed by atoms with E-state index < -0.39 is 0 Å². The third kappa shape index (κ3) is 3.36. The fourth-order valence-electron chi connectivity index (χ4n) is 2.72. The molecule has 0 bridgehead atoms. The molecule has 0 amide bonds. The average Bonchev–Trinajstić information content (AvgIpc) is 2.36. The summed E-state index contributed by atoms with van der Waals surface area (Å²) in [5, 5.41) is 3.48. The van der Waals surface area contributed by atoms with E-state index >= 15 is 0 Å². The van der Waals surface area contributed by atoms with Crippen molar-refractivity contribution in [3.63, 3.8) is 0 Å². The smallest absolute Gasteiger partial charge is 0.137 e. The summed E-state index contributed by atoms with van der Waals surface area (Å²) in [5.41, 5.74) is 1.12. The number of benzene rings is 1. The highest BCUT2D eigenvalue weighted by Gasteiger charge is 2.39. The molecule has 0 aliphatic heterocycles. The predicted octanol–water partition coefficient (Wildman–Crippen LogP) is 4.20. The highest BCUT2D eigenvalue weighted by atomic mass is 79.9. The zero-order valence-corrected chi connectivity index (χ0v) is 13.1. The fourth-order valence-corrected chi connectivity index (χ4v) is 3.11. The second-order valence-electron chi connectivity index (χ2n) is 5.23. The molecule has 1 unspecified atom stereocenters. The number of nitrogens with one attached hydrogen (secondary N) is 1. The Morgan fingerprint density at radius 1 is 1.47 bits per heavy atom. The van der Waals surface area contributed by atoms with Crippen LogP contribution in [0.25, 0.3) is 0 Å². The summed E-state index contributed by atoms with van der Waals surface area (Å²) < 4.78 is 19.6. The van der Waals surface area contributed by atoms with Gasteiger partial charge < -0.3 is 10.1 Å². The number of ether oxygens (including phenoxy) is 1. The van der Waals surface area contributed by atoms with Crippen molar-refractivity contribution in [2.75, 3.05) is 13.7 Å². The Morgan fingerprint density at radius 3 is 2.68 bits per heavy atom. The minimum atomic E-state index is -0.218. The first-order chi connectivity index (χ1) is 9.10. The number of halogens is 2. The Bertz CT molecular complexity index is 429. The lowest BCUT2D eigenvalue weighted by atomic mass is 9.74. The Hall–Kier alpha value is -0.450. The molecule has 2 rings (SSSR count). The molecule has 0 heterocycles. The molecule has 0 aromatic heterocycles. The summed E-state index contributed by atoms with van der Waals surface area (Å²) in [6.45, 7) is 2.98.